The summed E-state index contributed by atoms with van der Waals surface area (Å²) >= 11 is 0. The van der Waals surface area contributed by atoms with Crippen LogP contribution in [-0.2, 0) is 20.1 Å². The van der Waals surface area contributed by atoms with Crippen molar-refractivity contribution in [1.82, 2.24) is 20.1 Å². The van der Waals surface area contributed by atoms with Gasteiger partial charge in [-0.15, -0.1) is 0 Å². The Hall–Kier alpha value is -2.40. The molecule has 2 N–H and O–H groups in total. The Balaban J connectivity index is 1.68. The van der Waals surface area contributed by atoms with E-state index in [1.54, 1.807) is 16.8 Å². The molecule has 0 spiro atoms. The minimum absolute atomic E-state index is 0.292. The number of rotatable bonds is 4. The highest BCUT2D eigenvalue weighted by Gasteiger charge is 2.06. The van der Waals surface area contributed by atoms with E-state index in [0.717, 1.165) is 40.9 Å². The first kappa shape index (κ1) is 13.6. The van der Waals surface area contributed by atoms with Gasteiger partial charge in [0.15, 0.2) is 5.65 Å². The van der Waals surface area contributed by atoms with E-state index in [1.807, 2.05) is 32.3 Å². The van der Waals surface area contributed by atoms with Gasteiger partial charge in [-0.2, -0.15) is 5.10 Å². The molecule has 1 aromatic carbocycles. The van der Waals surface area contributed by atoms with Gasteiger partial charge in [0.2, 0.25) is 0 Å². The number of benzene rings is 1. The molecule has 5 heteroatoms. The van der Waals surface area contributed by atoms with Crippen molar-refractivity contribution in [1.29, 1.82) is 0 Å². The zero-order valence-electron chi connectivity index (χ0n) is 12.2. The minimum atomic E-state index is 0.292. The van der Waals surface area contributed by atoms with Gasteiger partial charge in [-0.3, -0.25) is 4.68 Å². The van der Waals surface area contributed by atoms with Crippen LogP contribution in [0.3, 0.4) is 0 Å². The molecule has 0 aliphatic heterocycles. The van der Waals surface area contributed by atoms with Crippen molar-refractivity contribution >= 4 is 11.0 Å². The van der Waals surface area contributed by atoms with Crippen LogP contribution >= 0.6 is 0 Å². The van der Waals surface area contributed by atoms with Gasteiger partial charge in [-0.1, -0.05) is 12.1 Å². The summed E-state index contributed by atoms with van der Waals surface area (Å²) in [6.45, 7) is 3.50. The predicted molar refractivity (Wildman–Crippen MR) is 81.9 cm³/mol. The van der Waals surface area contributed by atoms with Crippen molar-refractivity contribution in [2.75, 3.05) is 0 Å². The Labute approximate surface area is 123 Å². The molecule has 108 valence electrons. The highest BCUT2D eigenvalue weighted by molar-refractivity contribution is 5.78. The zero-order chi connectivity index (χ0) is 14.8. The first-order valence-corrected chi connectivity index (χ1v) is 6.90. The molecule has 5 nitrogen and oxygen atoms in total. The number of hydrogen-bond acceptors (Lipinski definition) is 4. The molecule has 0 unspecified atom stereocenters. The summed E-state index contributed by atoms with van der Waals surface area (Å²) in [4.78, 5) is 4.47. The maximum absolute atomic E-state index is 9.25. The quantitative estimate of drug-likeness (QED) is 0.770. The van der Waals surface area contributed by atoms with Crippen LogP contribution in [0.25, 0.3) is 11.0 Å². The number of aryl methyl sites for hydroxylation is 2. The summed E-state index contributed by atoms with van der Waals surface area (Å²) in [7, 11) is 1.91. The van der Waals surface area contributed by atoms with Crippen molar-refractivity contribution < 1.29 is 5.11 Å². The normalized spacial score (nSPS) is 11.1. The lowest BCUT2D eigenvalue weighted by atomic mass is 10.2. The van der Waals surface area contributed by atoms with E-state index < -0.39 is 0 Å². The molecule has 0 aliphatic rings. The third-order valence-corrected chi connectivity index (χ3v) is 3.51. The van der Waals surface area contributed by atoms with Gasteiger partial charge in [0, 0.05) is 31.7 Å². The van der Waals surface area contributed by atoms with Crippen LogP contribution in [0.1, 0.15) is 16.8 Å². The standard InChI is InChI=1S/C16H18N4O/c1-11-15-7-13(10-18-16(15)20(2)19-11)9-17-8-12-3-5-14(21)6-4-12/h3-7,10,17,21H,8-9H2,1-2H3. The Kier molecular flexibility index (Phi) is 3.58. The van der Waals surface area contributed by atoms with Gasteiger partial charge < -0.3 is 10.4 Å². The second kappa shape index (κ2) is 5.54. The molecule has 0 aliphatic carbocycles. The SMILES string of the molecule is Cc1nn(C)c2ncc(CNCc3ccc(O)cc3)cc12. The molecule has 0 atom stereocenters. The number of aromatic hydroxyl groups is 1. The second-order valence-electron chi connectivity index (χ2n) is 5.19. The lowest BCUT2D eigenvalue weighted by molar-refractivity contribution is 0.475. The first-order valence-electron chi connectivity index (χ1n) is 6.90. The van der Waals surface area contributed by atoms with E-state index in [2.05, 4.69) is 21.5 Å². The van der Waals surface area contributed by atoms with Gasteiger partial charge in [0.1, 0.15) is 5.75 Å². The monoisotopic (exact) mass is 282 g/mol. The number of phenolic OH excluding ortho intramolecular Hbond substituents is 1. The summed E-state index contributed by atoms with van der Waals surface area (Å²) in [5.41, 5.74) is 4.19. The van der Waals surface area contributed by atoms with Crippen molar-refractivity contribution in [2.45, 2.75) is 20.0 Å². The van der Waals surface area contributed by atoms with Crippen molar-refractivity contribution in [3.63, 3.8) is 0 Å². The maximum atomic E-state index is 9.25. The van der Waals surface area contributed by atoms with E-state index in [1.165, 1.54) is 0 Å². The summed E-state index contributed by atoms with van der Waals surface area (Å²) < 4.78 is 1.80. The Bertz CT molecular complexity index is 762. The number of pyridine rings is 1. The molecule has 0 saturated carbocycles. The maximum Gasteiger partial charge on any atom is 0.157 e. The van der Waals surface area contributed by atoms with Crippen LogP contribution in [0.15, 0.2) is 36.5 Å². The van der Waals surface area contributed by atoms with E-state index in [-0.39, 0.29) is 0 Å². The summed E-state index contributed by atoms with van der Waals surface area (Å²) in [5.74, 6) is 0.292. The third-order valence-electron chi connectivity index (χ3n) is 3.51. The molecule has 0 fully saturated rings. The van der Waals surface area contributed by atoms with Gasteiger partial charge >= 0.3 is 0 Å². The van der Waals surface area contributed by atoms with E-state index in [0.29, 0.717) is 5.75 Å². The van der Waals surface area contributed by atoms with Crippen molar-refractivity contribution in [3.05, 3.63) is 53.3 Å². The molecule has 3 rings (SSSR count). The molecule has 21 heavy (non-hydrogen) atoms. The number of nitrogens with one attached hydrogen (secondary N) is 1. The fourth-order valence-electron chi connectivity index (χ4n) is 2.41. The first-order chi connectivity index (χ1) is 10.1. The van der Waals surface area contributed by atoms with Crippen molar-refractivity contribution in [2.24, 2.45) is 7.05 Å². The summed E-state index contributed by atoms with van der Waals surface area (Å²) in [6, 6.07) is 9.35. The van der Waals surface area contributed by atoms with Crippen LogP contribution in [0, 0.1) is 6.92 Å². The van der Waals surface area contributed by atoms with E-state index in [4.69, 9.17) is 0 Å². The summed E-state index contributed by atoms with van der Waals surface area (Å²) in [5, 5.41) is 18.1. The number of nitrogens with zero attached hydrogens (tertiary/aromatic N) is 3. The molecule has 2 aromatic heterocycles. The molecule has 3 aromatic rings. The fraction of sp³-hybridized carbons (Fsp3) is 0.250. The average molecular weight is 282 g/mol. The van der Waals surface area contributed by atoms with Gasteiger partial charge in [0.05, 0.1) is 5.69 Å². The van der Waals surface area contributed by atoms with E-state index in [9.17, 15) is 5.11 Å². The number of phenols is 1. The molecule has 0 saturated heterocycles. The van der Waals surface area contributed by atoms with E-state index >= 15 is 0 Å². The molecule has 0 bridgehead atoms. The largest absolute Gasteiger partial charge is 0.508 e. The van der Waals surface area contributed by atoms with Crippen LogP contribution in [0.2, 0.25) is 0 Å². The zero-order valence-corrected chi connectivity index (χ0v) is 12.2. The molecule has 0 radical (unpaired) electrons. The lowest BCUT2D eigenvalue weighted by Gasteiger charge is -2.05. The average Bonchev–Trinajstić information content (AvgIpc) is 2.76. The predicted octanol–water partition coefficient (Wildman–Crippen LogP) is 2.27. The number of hydrogen-bond donors (Lipinski definition) is 2. The number of fused-ring (bicyclic) bond motifs is 1. The highest BCUT2D eigenvalue weighted by Crippen LogP contribution is 2.16. The molecular weight excluding hydrogens is 264 g/mol. The van der Waals surface area contributed by atoms with Crippen LogP contribution < -0.4 is 5.32 Å². The van der Waals surface area contributed by atoms with Crippen LogP contribution in [0.5, 0.6) is 5.75 Å². The Morgan fingerprint density at radius 3 is 2.62 bits per heavy atom. The third kappa shape index (κ3) is 2.87. The minimum Gasteiger partial charge on any atom is -0.508 e. The van der Waals surface area contributed by atoms with Gasteiger partial charge in [-0.25, -0.2) is 4.98 Å². The Morgan fingerprint density at radius 2 is 1.86 bits per heavy atom. The highest BCUT2D eigenvalue weighted by atomic mass is 16.3. The lowest BCUT2D eigenvalue weighted by Crippen LogP contribution is -2.12. The molecular formula is C16H18N4O. The van der Waals surface area contributed by atoms with Crippen molar-refractivity contribution in [3.8, 4) is 5.75 Å². The smallest absolute Gasteiger partial charge is 0.157 e. The molecule has 0 amide bonds. The Morgan fingerprint density at radius 1 is 1.14 bits per heavy atom. The van der Waals surface area contributed by atoms with Gasteiger partial charge in [0.25, 0.3) is 0 Å². The second-order valence-corrected chi connectivity index (χ2v) is 5.19. The number of aromatic nitrogens is 3. The fourth-order valence-corrected chi connectivity index (χ4v) is 2.41. The summed E-state index contributed by atoms with van der Waals surface area (Å²) in [6.07, 6.45) is 1.88. The van der Waals surface area contributed by atoms with Gasteiger partial charge in [-0.05, 0) is 36.2 Å². The van der Waals surface area contributed by atoms with Crippen LogP contribution in [0.4, 0.5) is 0 Å². The van der Waals surface area contributed by atoms with Crippen LogP contribution in [-0.4, -0.2) is 19.9 Å². The topological polar surface area (TPSA) is 63.0 Å². The molecule has 2 heterocycles.